The van der Waals surface area contributed by atoms with Gasteiger partial charge in [-0.05, 0) is 158 Å². The molecule has 2 aromatic rings. The Morgan fingerprint density at radius 3 is 2.17 bits per heavy atom. The number of carboxylic acids is 1. The maximum Gasteiger partial charge on any atom is 0.335 e. The summed E-state index contributed by atoms with van der Waals surface area (Å²) in [6.45, 7) is 17.1. The Bertz CT molecular complexity index is 1730. The minimum atomic E-state index is -0.981. The van der Waals surface area contributed by atoms with Crippen LogP contribution in [0.4, 0.5) is 0 Å². The molecular weight excluding hydrogens is 649 g/mol. The number of carbonyl (C=O) groups is 3. The van der Waals surface area contributed by atoms with Crippen molar-refractivity contribution in [2.75, 3.05) is 0 Å². The van der Waals surface area contributed by atoms with Gasteiger partial charge in [0.05, 0.1) is 17.1 Å². The first-order valence-corrected chi connectivity index (χ1v) is 19.9. The fourth-order valence-electron chi connectivity index (χ4n) is 13.4. The molecule has 0 bridgehead atoms. The van der Waals surface area contributed by atoms with Crippen molar-refractivity contribution in [3.05, 3.63) is 82.9 Å². The van der Waals surface area contributed by atoms with Crippen molar-refractivity contribution in [3.63, 3.8) is 0 Å². The second-order valence-electron chi connectivity index (χ2n) is 18.7. The summed E-state index contributed by atoms with van der Waals surface area (Å²) in [5, 5.41) is 26.5. The summed E-state index contributed by atoms with van der Waals surface area (Å²) in [7, 11) is 0. The van der Waals surface area contributed by atoms with Gasteiger partial charge in [0.15, 0.2) is 0 Å². The molecule has 5 saturated carbocycles. The number of benzene rings is 2. The molecule has 0 aromatic heterocycles. The second-order valence-corrected chi connectivity index (χ2v) is 18.7. The Balaban J connectivity index is 1.05. The van der Waals surface area contributed by atoms with Crippen LogP contribution in [0.1, 0.15) is 131 Å². The van der Waals surface area contributed by atoms with Gasteiger partial charge in [0, 0.05) is 18.7 Å². The molecule has 7 heteroatoms. The third-order valence-corrected chi connectivity index (χ3v) is 15.9. The van der Waals surface area contributed by atoms with Gasteiger partial charge in [0.1, 0.15) is 0 Å². The summed E-state index contributed by atoms with van der Waals surface area (Å²) in [6.07, 6.45) is 10.6. The molecule has 5 aliphatic rings. The summed E-state index contributed by atoms with van der Waals surface area (Å²) >= 11 is 0. The number of carboxylic acid groups (broad SMARTS) is 1. The lowest BCUT2D eigenvalue weighted by atomic mass is 9.36. The van der Waals surface area contributed by atoms with Gasteiger partial charge in [-0.1, -0.05) is 64.1 Å². The number of aromatic carboxylic acids is 1. The Labute approximate surface area is 310 Å². The normalized spacial score (nSPS) is 37.4. The lowest BCUT2D eigenvalue weighted by molar-refractivity contribution is -0.216. The van der Waals surface area contributed by atoms with E-state index in [4.69, 9.17) is 5.11 Å². The van der Waals surface area contributed by atoms with Crippen LogP contribution in [0.2, 0.25) is 0 Å². The van der Waals surface area contributed by atoms with Crippen LogP contribution >= 0.6 is 0 Å². The number of carbonyl (C=O) groups excluding carboxylic acids is 2. The lowest BCUT2D eigenvalue weighted by Gasteiger charge is -2.69. The topological polar surface area (TPSA) is 116 Å². The van der Waals surface area contributed by atoms with E-state index in [1.54, 1.807) is 18.2 Å². The third-order valence-electron chi connectivity index (χ3n) is 15.9. The van der Waals surface area contributed by atoms with Crippen LogP contribution in [0.25, 0.3) is 0 Å². The molecule has 0 heterocycles. The van der Waals surface area contributed by atoms with Crippen LogP contribution in [-0.2, 0) is 17.9 Å². The average molecular weight is 709 g/mol. The Kier molecular flexibility index (Phi) is 9.54. The lowest BCUT2D eigenvalue weighted by Crippen LogP contribution is -2.64. The van der Waals surface area contributed by atoms with E-state index in [1.165, 1.54) is 43.4 Å². The number of amides is 2. The molecule has 5 aliphatic carbocycles. The first-order chi connectivity index (χ1) is 24.6. The molecule has 7 nitrogen and oxygen atoms in total. The van der Waals surface area contributed by atoms with Crippen LogP contribution in [0.5, 0.6) is 0 Å². The highest BCUT2D eigenvalue weighted by Crippen LogP contribution is 2.73. The van der Waals surface area contributed by atoms with Crippen molar-refractivity contribution in [2.45, 2.75) is 118 Å². The first kappa shape index (κ1) is 36.9. The van der Waals surface area contributed by atoms with Crippen LogP contribution < -0.4 is 10.6 Å². The summed E-state index contributed by atoms with van der Waals surface area (Å²) in [5.41, 5.74) is 3.72. The molecule has 5 fully saturated rings. The van der Waals surface area contributed by atoms with Crippen LogP contribution in [0, 0.1) is 57.2 Å². The molecule has 2 aromatic carbocycles. The Morgan fingerprint density at radius 2 is 1.46 bits per heavy atom. The molecule has 10 atom stereocenters. The van der Waals surface area contributed by atoms with Crippen molar-refractivity contribution in [2.24, 2.45) is 57.2 Å². The van der Waals surface area contributed by atoms with Gasteiger partial charge in [-0.2, -0.15) is 0 Å². The van der Waals surface area contributed by atoms with Crippen LogP contribution in [0.3, 0.4) is 0 Å². The maximum atomic E-state index is 14.6. The minimum absolute atomic E-state index is 0.0531. The quantitative estimate of drug-likeness (QED) is 0.205. The average Bonchev–Trinajstić information content (AvgIpc) is 3.53. The number of fused-ring (bicyclic) bond motifs is 7. The van der Waals surface area contributed by atoms with Gasteiger partial charge in [0.25, 0.3) is 5.91 Å². The van der Waals surface area contributed by atoms with E-state index in [2.05, 4.69) is 51.8 Å². The Hall–Kier alpha value is -3.45. The molecule has 10 unspecified atom stereocenters. The third kappa shape index (κ3) is 5.94. The number of rotatable bonds is 8. The largest absolute Gasteiger partial charge is 0.478 e. The Morgan fingerprint density at radius 1 is 0.769 bits per heavy atom. The highest BCUT2D eigenvalue weighted by Gasteiger charge is 2.68. The maximum absolute atomic E-state index is 14.6. The molecule has 0 spiro atoms. The fourth-order valence-corrected chi connectivity index (χ4v) is 13.4. The fraction of sp³-hybridized carbons (Fsp3) is 0.622. The zero-order valence-corrected chi connectivity index (χ0v) is 32.0. The number of nitrogens with one attached hydrogen (secondary N) is 2. The van der Waals surface area contributed by atoms with Gasteiger partial charge in [-0.3, -0.25) is 9.59 Å². The molecular formula is C45H60N2O5. The van der Waals surface area contributed by atoms with E-state index in [0.717, 1.165) is 49.7 Å². The predicted octanol–water partition coefficient (Wildman–Crippen LogP) is 8.56. The minimum Gasteiger partial charge on any atom is -0.478 e. The summed E-state index contributed by atoms with van der Waals surface area (Å²) in [6, 6.07) is 13.9. The van der Waals surface area contributed by atoms with Crippen molar-refractivity contribution < 1.29 is 24.6 Å². The molecule has 0 radical (unpaired) electrons. The molecule has 4 N–H and O–H groups in total. The van der Waals surface area contributed by atoms with Crippen LogP contribution in [-0.4, -0.2) is 34.1 Å². The summed E-state index contributed by atoms with van der Waals surface area (Å²) < 4.78 is 0. The van der Waals surface area contributed by atoms with Gasteiger partial charge in [-0.25, -0.2) is 4.79 Å². The zero-order chi connectivity index (χ0) is 37.2. The summed E-state index contributed by atoms with van der Waals surface area (Å²) in [5.74, 6) is 1.96. The van der Waals surface area contributed by atoms with Crippen molar-refractivity contribution in [1.82, 2.24) is 10.6 Å². The standard InChI is InChI=1S/C45H60N2O5/c1-27(2)32-16-22-45(41(52)47-26-29-8-7-9-31(24-29)39(49)46-25-28-10-12-30(13-11-28)40(50)51)23-17-34-33(38(32)45)14-15-36-43(34,5)20-18-35-42(3,4)37(48)19-21-44(35,36)6/h7-13,24,32-38,48H,1,14-23,25-26H2,2-6H3,(H,46,49)(H,47,52)(H,50,51). The number of aliphatic hydroxyl groups excluding tert-OH is 1. The highest BCUT2D eigenvalue weighted by molar-refractivity contribution is 5.94. The van der Waals surface area contributed by atoms with Gasteiger partial charge < -0.3 is 20.8 Å². The molecule has 0 aliphatic heterocycles. The van der Waals surface area contributed by atoms with Crippen molar-refractivity contribution in [1.29, 1.82) is 0 Å². The second kappa shape index (κ2) is 13.4. The van der Waals surface area contributed by atoms with Crippen LogP contribution in [0.15, 0.2) is 60.7 Å². The zero-order valence-electron chi connectivity index (χ0n) is 32.0. The van der Waals surface area contributed by atoms with E-state index in [0.29, 0.717) is 47.6 Å². The van der Waals surface area contributed by atoms with E-state index < -0.39 is 11.4 Å². The summed E-state index contributed by atoms with van der Waals surface area (Å²) in [4.78, 5) is 38.8. The predicted molar refractivity (Wildman–Crippen MR) is 203 cm³/mol. The number of hydrogen-bond acceptors (Lipinski definition) is 4. The highest BCUT2D eigenvalue weighted by atomic mass is 16.4. The number of hydrogen-bond donors (Lipinski definition) is 4. The number of aliphatic hydroxyl groups is 1. The monoisotopic (exact) mass is 708 g/mol. The SMILES string of the molecule is C=C(C)C1CCC2(C(=O)NCc3cccc(C(=O)NCc4ccc(C(=O)O)cc4)c3)CCC3C(CCC4C3(C)CCC3C(C)(C)C(O)CCC34C)C12. The molecule has 280 valence electrons. The van der Waals surface area contributed by atoms with Crippen molar-refractivity contribution >= 4 is 17.8 Å². The molecule has 7 rings (SSSR count). The smallest absolute Gasteiger partial charge is 0.335 e. The first-order valence-electron chi connectivity index (χ1n) is 19.9. The van der Waals surface area contributed by atoms with E-state index >= 15 is 0 Å². The van der Waals surface area contributed by atoms with Crippen molar-refractivity contribution in [3.8, 4) is 0 Å². The molecule has 52 heavy (non-hydrogen) atoms. The van der Waals surface area contributed by atoms with E-state index in [1.807, 2.05) is 18.2 Å². The number of allylic oxidation sites excluding steroid dienone is 1. The molecule has 2 amide bonds. The van der Waals surface area contributed by atoms with E-state index in [9.17, 15) is 19.5 Å². The molecule has 0 saturated heterocycles. The van der Waals surface area contributed by atoms with Gasteiger partial charge in [0.2, 0.25) is 5.91 Å². The van der Waals surface area contributed by atoms with Gasteiger partial charge in [-0.15, -0.1) is 0 Å². The van der Waals surface area contributed by atoms with E-state index in [-0.39, 0.29) is 46.3 Å². The van der Waals surface area contributed by atoms with Gasteiger partial charge >= 0.3 is 5.97 Å².